The van der Waals surface area contributed by atoms with Crippen molar-refractivity contribution in [1.82, 2.24) is 0 Å². The minimum absolute atomic E-state index is 0.0968. The minimum Gasteiger partial charge on any atom is -0.458 e. The van der Waals surface area contributed by atoms with Crippen molar-refractivity contribution in [2.75, 3.05) is 33.0 Å². The fourth-order valence-corrected chi connectivity index (χ4v) is 4.26. The number of unbranched alkanes of at least 4 members (excludes halogenated alkanes) is 11. The molecule has 0 bridgehead atoms. The molecule has 0 saturated carbocycles. The van der Waals surface area contributed by atoms with E-state index >= 15 is 0 Å². The molecule has 2 unspecified atom stereocenters. The molecule has 0 aromatic heterocycles. The highest BCUT2D eigenvalue weighted by Gasteiger charge is 2.24. The van der Waals surface area contributed by atoms with Gasteiger partial charge in [0.05, 0.1) is 19.8 Å². The molecule has 212 valence electrons. The Balaban J connectivity index is 3.62. The van der Waals surface area contributed by atoms with Crippen LogP contribution in [0.5, 0.6) is 0 Å². The smallest absolute Gasteiger partial charge is 0.458 e. The Bertz CT molecular complexity index is 613. The highest BCUT2D eigenvalue weighted by atomic mass is 31.2. The zero-order valence-electron chi connectivity index (χ0n) is 22.7. The average Bonchev–Trinajstić information content (AvgIpc) is 2.84. The average molecular weight is 534 g/mol. The van der Waals surface area contributed by atoms with E-state index in [4.69, 9.17) is 19.7 Å². The van der Waals surface area contributed by atoms with Crippen molar-refractivity contribution in [2.24, 2.45) is 5.73 Å². The summed E-state index contributed by atoms with van der Waals surface area (Å²) in [6.45, 7) is 3.85. The van der Waals surface area contributed by atoms with Crippen molar-refractivity contribution in [3.8, 4) is 0 Å². The third-order valence-electron chi connectivity index (χ3n) is 5.42. The van der Waals surface area contributed by atoms with Crippen molar-refractivity contribution in [3.63, 3.8) is 0 Å². The lowest BCUT2D eigenvalue weighted by atomic mass is 10.1. The maximum Gasteiger partial charge on any atom is 0.472 e. The van der Waals surface area contributed by atoms with E-state index in [1.807, 2.05) is 0 Å². The van der Waals surface area contributed by atoms with Gasteiger partial charge in [0.15, 0.2) is 0 Å². The number of carbonyl (C=O) groups is 1. The Kier molecular flexibility index (Phi) is 24.9. The first kappa shape index (κ1) is 35.0. The number of carbonyl (C=O) groups excluding carboxylic acids is 1. The molecule has 0 saturated heterocycles. The molecule has 0 amide bonds. The number of ether oxygens (including phenoxy) is 2. The lowest BCUT2D eigenvalue weighted by molar-refractivity contribution is -0.151. The molecule has 0 aromatic carbocycles. The van der Waals surface area contributed by atoms with Gasteiger partial charge in [0.2, 0.25) is 0 Å². The SMILES string of the molecule is CCCCC/C=C\C/C=C\CCCCCCCCCCOCC(COP(=O)(O)OCCN)OC(C)=O. The van der Waals surface area contributed by atoms with E-state index in [1.165, 1.54) is 77.6 Å². The summed E-state index contributed by atoms with van der Waals surface area (Å²) in [4.78, 5) is 20.8. The molecule has 0 radical (unpaired) electrons. The van der Waals surface area contributed by atoms with Crippen molar-refractivity contribution in [3.05, 3.63) is 24.3 Å². The van der Waals surface area contributed by atoms with Crippen molar-refractivity contribution in [1.29, 1.82) is 0 Å². The molecule has 0 fully saturated rings. The lowest BCUT2D eigenvalue weighted by Crippen LogP contribution is -2.27. The van der Waals surface area contributed by atoms with Gasteiger partial charge in [-0.25, -0.2) is 4.57 Å². The second-order valence-electron chi connectivity index (χ2n) is 8.98. The maximum atomic E-state index is 11.7. The third kappa shape index (κ3) is 26.1. The van der Waals surface area contributed by atoms with Gasteiger partial charge in [0.25, 0.3) is 0 Å². The summed E-state index contributed by atoms with van der Waals surface area (Å²) in [5.41, 5.74) is 5.24. The van der Waals surface area contributed by atoms with Crippen LogP contribution in [-0.4, -0.2) is 49.9 Å². The van der Waals surface area contributed by atoms with Gasteiger partial charge in [0.1, 0.15) is 6.10 Å². The first-order valence-electron chi connectivity index (χ1n) is 13.8. The van der Waals surface area contributed by atoms with E-state index in [1.54, 1.807) is 0 Å². The van der Waals surface area contributed by atoms with Gasteiger partial charge < -0.3 is 20.1 Å². The van der Waals surface area contributed by atoms with Crippen LogP contribution < -0.4 is 5.73 Å². The van der Waals surface area contributed by atoms with Gasteiger partial charge in [-0.05, 0) is 38.5 Å². The number of allylic oxidation sites excluding steroid dienone is 4. The predicted molar refractivity (Wildman–Crippen MR) is 146 cm³/mol. The van der Waals surface area contributed by atoms with E-state index in [0.717, 1.165) is 19.3 Å². The molecule has 0 aliphatic carbocycles. The van der Waals surface area contributed by atoms with Crippen LogP contribution in [0.25, 0.3) is 0 Å². The standard InChI is InChI=1S/C27H52NO7P/c1-3-4-5-6-7-8-9-10-11-12-13-14-15-16-17-18-19-20-22-32-24-27(35-26(2)29)25-34-36(30,31)33-23-21-28/h7-8,10-11,27H,3-6,9,12-25,28H2,1-2H3,(H,30,31)/b8-7-,11-10-. The number of hydrogen-bond donors (Lipinski definition) is 2. The quantitative estimate of drug-likeness (QED) is 0.0551. The van der Waals surface area contributed by atoms with Crippen LogP contribution in [0.1, 0.15) is 104 Å². The van der Waals surface area contributed by atoms with Crippen LogP contribution in [0.3, 0.4) is 0 Å². The van der Waals surface area contributed by atoms with Crippen LogP contribution in [0.4, 0.5) is 0 Å². The number of hydrogen-bond acceptors (Lipinski definition) is 7. The van der Waals surface area contributed by atoms with Gasteiger partial charge in [-0.15, -0.1) is 0 Å². The fraction of sp³-hybridized carbons (Fsp3) is 0.815. The van der Waals surface area contributed by atoms with Crippen molar-refractivity contribution in [2.45, 2.75) is 110 Å². The largest absolute Gasteiger partial charge is 0.472 e. The number of phosphoric ester groups is 1. The van der Waals surface area contributed by atoms with Crippen LogP contribution in [0.15, 0.2) is 24.3 Å². The second-order valence-corrected chi connectivity index (χ2v) is 10.4. The van der Waals surface area contributed by atoms with E-state index in [-0.39, 0.29) is 26.4 Å². The number of nitrogens with two attached hydrogens (primary N) is 1. The van der Waals surface area contributed by atoms with Crippen LogP contribution in [-0.2, 0) is 27.9 Å². The Morgan fingerprint density at radius 2 is 1.42 bits per heavy atom. The number of esters is 1. The molecule has 8 nitrogen and oxygen atoms in total. The zero-order chi connectivity index (χ0) is 26.7. The summed E-state index contributed by atoms with van der Waals surface area (Å²) in [5, 5.41) is 0. The lowest BCUT2D eigenvalue weighted by Gasteiger charge is -2.19. The molecule has 0 spiro atoms. The molecule has 9 heteroatoms. The van der Waals surface area contributed by atoms with Crippen LogP contribution >= 0.6 is 7.82 Å². The number of rotatable bonds is 26. The normalized spacial score (nSPS) is 14.4. The van der Waals surface area contributed by atoms with E-state index in [0.29, 0.717) is 6.61 Å². The van der Waals surface area contributed by atoms with Crippen molar-refractivity contribution < 1.29 is 32.8 Å². The third-order valence-corrected chi connectivity index (χ3v) is 6.41. The molecule has 0 aliphatic heterocycles. The van der Waals surface area contributed by atoms with Gasteiger partial charge in [0, 0.05) is 20.1 Å². The minimum atomic E-state index is -4.22. The summed E-state index contributed by atoms with van der Waals surface area (Å²) in [5.74, 6) is -0.510. The highest BCUT2D eigenvalue weighted by Crippen LogP contribution is 2.43. The Hall–Kier alpha value is -1.02. The Morgan fingerprint density at radius 1 is 0.833 bits per heavy atom. The van der Waals surface area contributed by atoms with Crippen molar-refractivity contribution >= 4 is 13.8 Å². The molecule has 0 aromatic rings. The van der Waals surface area contributed by atoms with Gasteiger partial charge in [-0.3, -0.25) is 13.8 Å². The second kappa shape index (κ2) is 25.6. The zero-order valence-corrected chi connectivity index (χ0v) is 23.6. The monoisotopic (exact) mass is 533 g/mol. The molecule has 0 aliphatic rings. The predicted octanol–water partition coefficient (Wildman–Crippen LogP) is 6.62. The van der Waals surface area contributed by atoms with Crippen LogP contribution in [0, 0.1) is 0 Å². The van der Waals surface area contributed by atoms with Gasteiger partial charge in [-0.2, -0.15) is 0 Å². The Morgan fingerprint density at radius 3 is 2.00 bits per heavy atom. The van der Waals surface area contributed by atoms with E-state index < -0.39 is 19.9 Å². The summed E-state index contributed by atoms with van der Waals surface area (Å²) in [6, 6.07) is 0. The first-order chi connectivity index (χ1) is 17.4. The fourth-order valence-electron chi connectivity index (χ4n) is 3.49. The van der Waals surface area contributed by atoms with E-state index in [9.17, 15) is 14.3 Å². The highest BCUT2D eigenvalue weighted by molar-refractivity contribution is 7.47. The first-order valence-corrected chi connectivity index (χ1v) is 15.3. The Labute approximate surface area is 219 Å². The summed E-state index contributed by atoms with van der Waals surface area (Å²) in [7, 11) is -4.22. The summed E-state index contributed by atoms with van der Waals surface area (Å²) >= 11 is 0. The van der Waals surface area contributed by atoms with E-state index in [2.05, 4.69) is 35.8 Å². The topological polar surface area (TPSA) is 117 Å². The van der Waals surface area contributed by atoms with Gasteiger partial charge >= 0.3 is 13.8 Å². The molecular formula is C27H52NO7P. The summed E-state index contributed by atoms with van der Waals surface area (Å²) < 4.78 is 31.9. The van der Waals surface area contributed by atoms with Gasteiger partial charge in [-0.1, -0.05) is 82.6 Å². The molecule has 0 rings (SSSR count). The molecular weight excluding hydrogens is 481 g/mol. The molecule has 36 heavy (non-hydrogen) atoms. The van der Waals surface area contributed by atoms with Crippen LogP contribution in [0.2, 0.25) is 0 Å². The maximum absolute atomic E-state index is 11.7. The molecule has 2 atom stereocenters. The molecule has 0 heterocycles. The molecule has 3 N–H and O–H groups in total. The summed E-state index contributed by atoms with van der Waals surface area (Å²) in [6.07, 6.45) is 25.3. The number of phosphoric acid groups is 1.